The van der Waals surface area contributed by atoms with Gasteiger partial charge in [-0.05, 0) is 93.2 Å². The molecule has 3 heterocycles. The monoisotopic (exact) mass is 928 g/mol. The first-order valence-corrected chi connectivity index (χ1v) is 24.1. The van der Waals surface area contributed by atoms with Crippen molar-refractivity contribution in [2.24, 2.45) is 11.8 Å². The minimum absolute atomic E-state index is 0.0229. The Kier molecular flexibility index (Phi) is 13.0. The van der Waals surface area contributed by atoms with Gasteiger partial charge in [-0.25, -0.2) is 18.5 Å². The van der Waals surface area contributed by atoms with Crippen LogP contribution in [0.2, 0.25) is 0 Å². The second-order valence-corrected chi connectivity index (χ2v) is 21.3. The Morgan fingerprint density at radius 2 is 1.60 bits per heavy atom. The Labute approximate surface area is 357 Å². The zero-order valence-electron chi connectivity index (χ0n) is 35.4. The maximum absolute atomic E-state index is 15.4. The summed E-state index contributed by atoms with van der Waals surface area (Å²) in [5.41, 5.74) is -4.36. The molecular formula is C40H51O19P3. The lowest BCUT2D eigenvalue weighted by Gasteiger charge is -2.56. The number of allylic oxidation sites excluding steroid dienone is 5. The van der Waals surface area contributed by atoms with Crippen LogP contribution in [-0.2, 0) is 52.5 Å². The summed E-state index contributed by atoms with van der Waals surface area (Å²) in [6.07, 6.45) is 10.8. The minimum atomic E-state index is -6.02. The number of phosphoric ester groups is 1. The average Bonchev–Trinajstić information content (AvgIpc) is 3.28. The standard InChI is InChI=1S/C40H51O19P3/c1-22(2)10-9-15-38(8)16-14-27-32(54-38)26(12-11-23(3)4)33-30(34(27)56-61(48,49)59-62(50,51)58-60(45,46)47)31(42)28-18-25-19-29-37(6,7)57-39(35(25)43,40(28,29)55-33)17-13-24(5)36(44)53-21-52-20-41/h10-11,13-14,16,18,25,29,41H,9,12,15,17,19-21H2,1-8H3,(H,48,49)(H,50,51)(H2,45,46,47)/b24-13-. The molecule has 3 aliphatic carbocycles. The second kappa shape index (κ2) is 16.8. The van der Waals surface area contributed by atoms with Crippen molar-refractivity contribution < 1.29 is 89.6 Å². The van der Waals surface area contributed by atoms with Gasteiger partial charge in [-0.2, -0.15) is 8.62 Å². The van der Waals surface area contributed by atoms with Crippen molar-refractivity contribution in [3.8, 4) is 17.2 Å². The van der Waals surface area contributed by atoms with Gasteiger partial charge >= 0.3 is 29.4 Å². The third-order valence-electron chi connectivity index (χ3n) is 11.4. The predicted octanol–water partition coefficient (Wildman–Crippen LogP) is 6.62. The Hall–Kier alpha value is -3.54. The Morgan fingerprint density at radius 1 is 0.919 bits per heavy atom. The van der Waals surface area contributed by atoms with Crippen molar-refractivity contribution in [1.29, 1.82) is 0 Å². The summed E-state index contributed by atoms with van der Waals surface area (Å²) in [5.74, 6) is -4.57. The maximum Gasteiger partial charge on any atom is 0.536 e. The first kappa shape index (κ1) is 47.9. The summed E-state index contributed by atoms with van der Waals surface area (Å²) in [6, 6.07) is 0. The second-order valence-electron chi connectivity index (χ2n) is 17.0. The Morgan fingerprint density at radius 3 is 2.23 bits per heavy atom. The highest BCUT2D eigenvalue weighted by Crippen LogP contribution is 2.71. The van der Waals surface area contributed by atoms with Gasteiger partial charge in [0.15, 0.2) is 35.3 Å². The molecule has 1 aromatic carbocycles. The molecule has 7 rings (SSSR count). The van der Waals surface area contributed by atoms with Gasteiger partial charge < -0.3 is 48.0 Å². The van der Waals surface area contributed by atoms with E-state index in [0.29, 0.717) is 12.8 Å². The van der Waals surface area contributed by atoms with E-state index < -0.39 is 100 Å². The number of aliphatic hydroxyl groups is 1. The zero-order chi connectivity index (χ0) is 46.0. The van der Waals surface area contributed by atoms with Crippen LogP contribution in [0, 0.1) is 11.8 Å². The van der Waals surface area contributed by atoms with Gasteiger partial charge in [0.25, 0.3) is 0 Å². The quantitative estimate of drug-likeness (QED) is 0.0274. The number of hydrogen-bond donors (Lipinski definition) is 5. The highest BCUT2D eigenvalue weighted by atomic mass is 31.3. The van der Waals surface area contributed by atoms with Crippen molar-refractivity contribution in [3.05, 3.63) is 69.4 Å². The zero-order valence-corrected chi connectivity index (χ0v) is 38.0. The van der Waals surface area contributed by atoms with E-state index in [-0.39, 0.29) is 53.0 Å². The van der Waals surface area contributed by atoms with Crippen LogP contribution in [-0.4, -0.2) is 78.2 Å². The minimum Gasteiger partial charge on any atom is -0.482 e. The van der Waals surface area contributed by atoms with Crippen LogP contribution in [0.3, 0.4) is 0 Å². The van der Waals surface area contributed by atoms with Crippen molar-refractivity contribution in [2.45, 2.75) is 110 Å². The highest BCUT2D eigenvalue weighted by molar-refractivity contribution is 7.66. The first-order valence-electron chi connectivity index (χ1n) is 19.6. The van der Waals surface area contributed by atoms with Gasteiger partial charge in [0, 0.05) is 35.0 Å². The van der Waals surface area contributed by atoms with Crippen molar-refractivity contribution in [1.82, 2.24) is 0 Å². The molecule has 7 atom stereocenters. The number of carbonyl (C=O) groups is 3. The number of phosphoric acid groups is 3. The number of ketones is 2. The molecule has 0 amide bonds. The molecule has 3 aliphatic heterocycles. The first-order chi connectivity index (χ1) is 28.6. The topological polar surface area (TPSA) is 277 Å². The van der Waals surface area contributed by atoms with Gasteiger partial charge in [-0.3, -0.25) is 14.5 Å². The lowest BCUT2D eigenvalue weighted by Crippen LogP contribution is -2.72. The molecule has 0 aromatic heterocycles. The molecule has 1 saturated heterocycles. The molecule has 19 nitrogen and oxygen atoms in total. The number of Topliss-reactive ketones (excluding diaryl/α,β-unsaturated/α-hetero) is 2. The number of hydrogen-bond acceptors (Lipinski definition) is 15. The number of benzene rings is 1. The van der Waals surface area contributed by atoms with E-state index in [1.807, 2.05) is 39.8 Å². The van der Waals surface area contributed by atoms with Crippen LogP contribution in [0.25, 0.3) is 6.08 Å². The summed E-state index contributed by atoms with van der Waals surface area (Å²) >= 11 is 0. The molecule has 0 radical (unpaired) electrons. The van der Waals surface area contributed by atoms with Crippen molar-refractivity contribution >= 4 is 47.1 Å². The van der Waals surface area contributed by atoms with Gasteiger partial charge in [-0.15, -0.1) is 0 Å². The molecule has 1 saturated carbocycles. The fourth-order valence-corrected chi connectivity index (χ4v) is 12.0. The van der Waals surface area contributed by atoms with Gasteiger partial charge in [0.05, 0.1) is 11.2 Å². The molecule has 340 valence electrons. The molecule has 7 unspecified atom stereocenters. The van der Waals surface area contributed by atoms with Crippen LogP contribution >= 0.6 is 23.5 Å². The summed E-state index contributed by atoms with van der Waals surface area (Å²) in [5, 5.41) is 8.94. The van der Waals surface area contributed by atoms with Gasteiger partial charge in [0.2, 0.25) is 0 Å². The molecule has 22 heteroatoms. The summed E-state index contributed by atoms with van der Waals surface area (Å²) in [4.78, 5) is 82.5. The molecule has 6 aliphatic rings. The van der Waals surface area contributed by atoms with Crippen LogP contribution < -0.4 is 14.0 Å². The Balaban J connectivity index is 1.61. The van der Waals surface area contributed by atoms with E-state index in [4.69, 9.17) is 43.1 Å². The molecule has 1 spiro atoms. The molecular weight excluding hydrogens is 877 g/mol. The SMILES string of the molecule is CC(C)=CCCC1(C)C=Cc2c(c(CC=C(C)C)c3c(c2OP(=O)(O)OP(=O)(O)OP(=O)(O)O)C(=O)C2=CC4CC5C(C)(C)OC(C/C=C(/C)C(=O)OCOCO)(C4=O)C25O3)O1. The number of aliphatic hydroxyl groups excluding tert-OH is 1. The average molecular weight is 929 g/mol. The number of carbonyl (C=O) groups excluding carboxylic acids is 3. The number of fused-ring (bicyclic) bond motifs is 2. The van der Waals surface area contributed by atoms with E-state index in [0.717, 1.165) is 11.1 Å². The van der Waals surface area contributed by atoms with E-state index in [1.165, 1.54) is 25.2 Å². The fraction of sp³-hybridized carbons (Fsp3) is 0.525. The molecule has 4 bridgehead atoms. The lowest BCUT2D eigenvalue weighted by molar-refractivity contribution is -0.172. The molecule has 5 N–H and O–H groups in total. The maximum atomic E-state index is 15.4. The summed E-state index contributed by atoms with van der Waals surface area (Å²) in [6.45, 7) is 13.1. The van der Waals surface area contributed by atoms with E-state index in [9.17, 15) is 33.1 Å². The lowest BCUT2D eigenvalue weighted by atomic mass is 9.51. The number of ether oxygens (including phenoxy) is 5. The smallest absolute Gasteiger partial charge is 0.482 e. The summed E-state index contributed by atoms with van der Waals surface area (Å²) in [7, 11) is -17.8. The van der Waals surface area contributed by atoms with E-state index in [1.54, 1.807) is 26.8 Å². The van der Waals surface area contributed by atoms with Gasteiger partial charge in [0.1, 0.15) is 29.5 Å². The summed E-state index contributed by atoms with van der Waals surface area (Å²) < 4.78 is 81.7. The van der Waals surface area contributed by atoms with Crippen LogP contribution in [0.15, 0.2) is 52.7 Å². The number of rotatable bonds is 17. The third-order valence-corrected chi connectivity index (χ3v) is 15.2. The fourth-order valence-electron chi connectivity index (χ4n) is 8.90. The predicted molar refractivity (Wildman–Crippen MR) is 219 cm³/mol. The highest BCUT2D eigenvalue weighted by Gasteiger charge is 2.81. The van der Waals surface area contributed by atoms with Crippen LogP contribution in [0.4, 0.5) is 0 Å². The largest absolute Gasteiger partial charge is 0.536 e. The third kappa shape index (κ3) is 8.93. The van der Waals surface area contributed by atoms with Crippen molar-refractivity contribution in [2.75, 3.05) is 13.6 Å². The van der Waals surface area contributed by atoms with E-state index >= 15 is 4.79 Å². The molecule has 2 fully saturated rings. The number of esters is 1. The van der Waals surface area contributed by atoms with Crippen LogP contribution in [0.1, 0.15) is 103 Å². The van der Waals surface area contributed by atoms with E-state index in [2.05, 4.69) is 8.62 Å². The van der Waals surface area contributed by atoms with Gasteiger partial charge in [-0.1, -0.05) is 35.5 Å². The van der Waals surface area contributed by atoms with Crippen molar-refractivity contribution in [3.63, 3.8) is 0 Å². The Bertz CT molecular complexity index is 2380. The molecule has 62 heavy (non-hydrogen) atoms. The van der Waals surface area contributed by atoms with Crippen LogP contribution in [0.5, 0.6) is 17.2 Å². The molecule has 1 aromatic rings. The normalized spacial score (nSPS) is 28.5.